The summed E-state index contributed by atoms with van der Waals surface area (Å²) >= 11 is 0. The van der Waals surface area contributed by atoms with Crippen LogP contribution in [0.25, 0.3) is 0 Å². The van der Waals surface area contributed by atoms with E-state index in [1.165, 1.54) is 0 Å². The summed E-state index contributed by atoms with van der Waals surface area (Å²) in [5.41, 5.74) is -2.31. The van der Waals surface area contributed by atoms with Gasteiger partial charge in [-0.15, -0.1) is 0 Å². The average molecular weight is 150 g/mol. The Morgan fingerprint density at radius 2 is 1.80 bits per heavy atom. The number of aliphatic hydroxyl groups is 1. The van der Waals surface area contributed by atoms with Crippen molar-refractivity contribution in [1.82, 2.24) is 0 Å². The summed E-state index contributed by atoms with van der Waals surface area (Å²) in [6, 6.07) is 0. The SMILES string of the molecule is CC1(C)CCC1(O)C(F)F. The Bertz CT molecular complexity index is 145. The third kappa shape index (κ3) is 0.764. The highest BCUT2D eigenvalue weighted by Gasteiger charge is 2.57. The molecule has 1 rings (SSSR count). The van der Waals surface area contributed by atoms with Gasteiger partial charge in [-0.05, 0) is 18.3 Å². The van der Waals surface area contributed by atoms with E-state index in [4.69, 9.17) is 0 Å². The fourth-order valence-electron chi connectivity index (χ4n) is 1.29. The lowest BCUT2D eigenvalue weighted by Gasteiger charge is -2.51. The van der Waals surface area contributed by atoms with E-state index >= 15 is 0 Å². The first-order valence-corrected chi connectivity index (χ1v) is 3.41. The molecule has 0 spiro atoms. The molecule has 10 heavy (non-hydrogen) atoms. The van der Waals surface area contributed by atoms with Crippen LogP contribution in [-0.2, 0) is 0 Å². The van der Waals surface area contributed by atoms with Gasteiger partial charge in [0.15, 0.2) is 0 Å². The molecule has 0 aromatic heterocycles. The molecule has 1 N–H and O–H groups in total. The highest BCUT2D eigenvalue weighted by Crippen LogP contribution is 2.52. The number of hydrogen-bond acceptors (Lipinski definition) is 1. The van der Waals surface area contributed by atoms with Gasteiger partial charge in [0.2, 0.25) is 0 Å². The minimum absolute atomic E-state index is 0.234. The van der Waals surface area contributed by atoms with Gasteiger partial charge in [-0.1, -0.05) is 13.8 Å². The third-order valence-electron chi connectivity index (χ3n) is 2.66. The number of halogens is 2. The lowest BCUT2D eigenvalue weighted by molar-refractivity contribution is -0.223. The van der Waals surface area contributed by atoms with Gasteiger partial charge >= 0.3 is 0 Å². The zero-order valence-corrected chi connectivity index (χ0v) is 6.19. The van der Waals surface area contributed by atoms with Crippen LogP contribution in [0.5, 0.6) is 0 Å². The third-order valence-corrected chi connectivity index (χ3v) is 2.66. The Labute approximate surface area is 59.0 Å². The Balaban J connectivity index is 2.71. The molecule has 1 saturated carbocycles. The van der Waals surface area contributed by atoms with E-state index in [0.29, 0.717) is 6.42 Å². The molecule has 0 aliphatic heterocycles. The number of hydrogen-bond donors (Lipinski definition) is 1. The van der Waals surface area contributed by atoms with Gasteiger partial charge in [0.1, 0.15) is 5.60 Å². The Kier molecular flexibility index (Phi) is 1.51. The molecule has 0 aromatic carbocycles. The Hall–Kier alpha value is -0.180. The molecule has 1 nitrogen and oxygen atoms in total. The van der Waals surface area contributed by atoms with Gasteiger partial charge in [0, 0.05) is 0 Å². The van der Waals surface area contributed by atoms with E-state index in [1.54, 1.807) is 13.8 Å². The average Bonchev–Trinajstić information content (AvgIpc) is 1.83. The van der Waals surface area contributed by atoms with Crippen molar-refractivity contribution in [2.45, 2.75) is 38.7 Å². The van der Waals surface area contributed by atoms with Crippen molar-refractivity contribution >= 4 is 0 Å². The monoisotopic (exact) mass is 150 g/mol. The molecule has 0 bridgehead atoms. The first kappa shape index (κ1) is 7.92. The van der Waals surface area contributed by atoms with E-state index < -0.39 is 17.4 Å². The molecular weight excluding hydrogens is 138 g/mol. The van der Waals surface area contributed by atoms with Crippen LogP contribution in [0.2, 0.25) is 0 Å². The number of alkyl halides is 2. The van der Waals surface area contributed by atoms with Crippen LogP contribution in [0.15, 0.2) is 0 Å². The molecule has 3 heteroatoms. The predicted molar refractivity (Wildman–Crippen MR) is 34.0 cm³/mol. The van der Waals surface area contributed by atoms with Crippen LogP contribution >= 0.6 is 0 Å². The number of rotatable bonds is 1. The molecule has 60 valence electrons. The van der Waals surface area contributed by atoms with E-state index in [0.717, 1.165) is 0 Å². The minimum atomic E-state index is -2.60. The van der Waals surface area contributed by atoms with Gasteiger partial charge in [0.25, 0.3) is 6.43 Å². The van der Waals surface area contributed by atoms with Gasteiger partial charge in [-0.2, -0.15) is 0 Å². The van der Waals surface area contributed by atoms with Crippen molar-refractivity contribution in [3.05, 3.63) is 0 Å². The maximum Gasteiger partial charge on any atom is 0.267 e. The summed E-state index contributed by atoms with van der Waals surface area (Å²) in [6.45, 7) is 3.34. The van der Waals surface area contributed by atoms with Crippen molar-refractivity contribution in [3.8, 4) is 0 Å². The van der Waals surface area contributed by atoms with Crippen molar-refractivity contribution in [1.29, 1.82) is 0 Å². The van der Waals surface area contributed by atoms with E-state index in [9.17, 15) is 13.9 Å². The van der Waals surface area contributed by atoms with E-state index in [1.807, 2.05) is 0 Å². The fourth-order valence-corrected chi connectivity index (χ4v) is 1.29. The lowest BCUT2D eigenvalue weighted by Crippen LogP contribution is -2.58. The first-order chi connectivity index (χ1) is 4.40. The van der Waals surface area contributed by atoms with E-state index in [2.05, 4.69) is 0 Å². The van der Waals surface area contributed by atoms with Gasteiger partial charge in [-0.25, -0.2) is 8.78 Å². The summed E-state index contributed by atoms with van der Waals surface area (Å²) < 4.78 is 24.2. The molecule has 0 heterocycles. The molecule has 0 saturated heterocycles. The maximum atomic E-state index is 12.1. The molecule has 1 fully saturated rings. The standard InChI is InChI=1S/C7H12F2O/c1-6(2)3-4-7(6,10)5(8)9/h5,10H,3-4H2,1-2H3. The van der Waals surface area contributed by atoms with Crippen LogP contribution in [0, 0.1) is 5.41 Å². The quantitative estimate of drug-likeness (QED) is 0.604. The second-order valence-corrected chi connectivity index (χ2v) is 3.61. The first-order valence-electron chi connectivity index (χ1n) is 3.41. The van der Waals surface area contributed by atoms with Crippen molar-refractivity contribution in [3.63, 3.8) is 0 Å². The Morgan fingerprint density at radius 1 is 1.30 bits per heavy atom. The topological polar surface area (TPSA) is 20.2 Å². The second-order valence-electron chi connectivity index (χ2n) is 3.61. The van der Waals surface area contributed by atoms with Crippen molar-refractivity contribution in [2.75, 3.05) is 0 Å². The van der Waals surface area contributed by atoms with Crippen LogP contribution in [0.4, 0.5) is 8.78 Å². The molecule has 0 aromatic rings. The van der Waals surface area contributed by atoms with Crippen LogP contribution in [-0.4, -0.2) is 17.1 Å². The van der Waals surface area contributed by atoms with Crippen LogP contribution in [0.3, 0.4) is 0 Å². The summed E-state index contributed by atoms with van der Waals surface area (Å²) in [5, 5.41) is 9.27. The summed E-state index contributed by atoms with van der Waals surface area (Å²) in [5.74, 6) is 0. The van der Waals surface area contributed by atoms with Gasteiger partial charge < -0.3 is 5.11 Å². The smallest absolute Gasteiger partial charge is 0.267 e. The summed E-state index contributed by atoms with van der Waals surface area (Å²) in [7, 11) is 0. The molecule has 0 radical (unpaired) electrons. The highest BCUT2D eigenvalue weighted by atomic mass is 19.3. The zero-order chi connectivity index (χ0) is 7.99. The lowest BCUT2D eigenvalue weighted by atomic mass is 9.59. The minimum Gasteiger partial charge on any atom is -0.383 e. The van der Waals surface area contributed by atoms with Crippen molar-refractivity contribution in [2.24, 2.45) is 5.41 Å². The zero-order valence-electron chi connectivity index (χ0n) is 6.19. The summed E-state index contributed by atoms with van der Waals surface area (Å²) in [4.78, 5) is 0. The molecule has 1 atom stereocenters. The largest absolute Gasteiger partial charge is 0.383 e. The van der Waals surface area contributed by atoms with Crippen LogP contribution in [0.1, 0.15) is 26.7 Å². The predicted octanol–water partition coefficient (Wildman–Crippen LogP) is 1.80. The second kappa shape index (κ2) is 1.91. The molecule has 1 unspecified atom stereocenters. The highest BCUT2D eigenvalue weighted by molar-refractivity contribution is 5.04. The molecule has 1 aliphatic rings. The van der Waals surface area contributed by atoms with Gasteiger partial charge in [0.05, 0.1) is 0 Å². The molecular formula is C7H12F2O. The van der Waals surface area contributed by atoms with Crippen LogP contribution < -0.4 is 0 Å². The van der Waals surface area contributed by atoms with Gasteiger partial charge in [-0.3, -0.25) is 0 Å². The molecule has 1 aliphatic carbocycles. The maximum absolute atomic E-state index is 12.1. The fraction of sp³-hybridized carbons (Fsp3) is 1.00. The summed E-state index contributed by atoms with van der Waals surface area (Å²) in [6.07, 6.45) is -1.68. The molecule has 0 amide bonds. The van der Waals surface area contributed by atoms with Crippen molar-refractivity contribution < 1.29 is 13.9 Å². The normalized spacial score (nSPS) is 37.8. The Morgan fingerprint density at radius 3 is 1.80 bits per heavy atom. The van der Waals surface area contributed by atoms with E-state index in [-0.39, 0.29) is 6.42 Å².